The summed E-state index contributed by atoms with van der Waals surface area (Å²) in [4.78, 5) is 45.5. The molecule has 1 unspecified atom stereocenters. The van der Waals surface area contributed by atoms with E-state index in [1.54, 1.807) is 7.05 Å². The van der Waals surface area contributed by atoms with E-state index in [9.17, 15) is 14.4 Å². The van der Waals surface area contributed by atoms with E-state index in [4.69, 9.17) is 9.47 Å². The number of benzene rings is 1. The van der Waals surface area contributed by atoms with E-state index in [1.165, 1.54) is 21.7 Å². The first-order chi connectivity index (χ1) is 14.5. The molecule has 2 aliphatic rings. The zero-order valence-electron chi connectivity index (χ0n) is 16.3. The fourth-order valence-electron chi connectivity index (χ4n) is 3.69. The topological polar surface area (TPSA) is 107 Å². The first kappa shape index (κ1) is 18.4. The molecule has 1 aromatic carbocycles. The molecule has 9 nitrogen and oxygen atoms in total. The molecular weight excluding hydrogens is 388 g/mol. The molecular formula is C21H20N4O5. The number of fused-ring (bicyclic) bond motifs is 2. The van der Waals surface area contributed by atoms with Crippen LogP contribution in [-0.4, -0.2) is 51.6 Å². The Morgan fingerprint density at radius 1 is 1.27 bits per heavy atom. The van der Waals surface area contributed by atoms with Gasteiger partial charge in [0.05, 0.1) is 17.5 Å². The number of para-hydroxylation sites is 2. The average Bonchev–Trinajstić information content (AvgIpc) is 3.58. The molecule has 3 aromatic rings. The molecule has 9 heteroatoms. The number of hydrogen-bond donors (Lipinski definition) is 1. The maximum atomic E-state index is 12.9. The quantitative estimate of drug-likeness (QED) is 0.698. The van der Waals surface area contributed by atoms with Crippen LogP contribution >= 0.6 is 0 Å². The Bertz CT molecular complexity index is 1260. The summed E-state index contributed by atoms with van der Waals surface area (Å²) in [5.41, 5.74) is -0.426. The number of ether oxygens (including phenoxy) is 2. The summed E-state index contributed by atoms with van der Waals surface area (Å²) in [7, 11) is 1.66. The van der Waals surface area contributed by atoms with Crippen LogP contribution in [0, 0.1) is 0 Å². The van der Waals surface area contributed by atoms with Gasteiger partial charge in [-0.05, 0) is 31.0 Å². The Kier molecular flexibility index (Phi) is 4.30. The van der Waals surface area contributed by atoms with Crippen LogP contribution in [0.3, 0.4) is 0 Å². The molecule has 5 rings (SSSR count). The first-order valence-electron chi connectivity index (χ1n) is 9.80. The van der Waals surface area contributed by atoms with Crippen LogP contribution in [-0.2, 0) is 0 Å². The van der Waals surface area contributed by atoms with Crippen LogP contribution in [0.5, 0.6) is 11.5 Å². The van der Waals surface area contributed by atoms with Gasteiger partial charge in [0.15, 0.2) is 17.6 Å². The normalized spacial score (nSPS) is 17.7. The standard InChI is InChI=1S/C21H20N4O5/c1-24(10-14-11-29-16-4-2-3-5-17(16)30-14)20(27)12-8-15-18(22-9-12)25(13-6-7-13)21(28)23-19(15)26/h2-5,8-9,13-14H,6-7,10-11H2,1H3,(H,23,26,28). The van der Waals surface area contributed by atoms with Crippen molar-refractivity contribution in [3.8, 4) is 11.5 Å². The van der Waals surface area contributed by atoms with Crippen LogP contribution in [0.25, 0.3) is 11.0 Å². The van der Waals surface area contributed by atoms with Crippen LogP contribution in [0.15, 0.2) is 46.1 Å². The van der Waals surface area contributed by atoms with Crippen molar-refractivity contribution in [2.75, 3.05) is 20.2 Å². The highest BCUT2D eigenvalue weighted by atomic mass is 16.6. The van der Waals surface area contributed by atoms with Crippen molar-refractivity contribution in [1.82, 2.24) is 19.4 Å². The zero-order chi connectivity index (χ0) is 20.8. The van der Waals surface area contributed by atoms with E-state index in [0.717, 1.165) is 12.8 Å². The highest BCUT2D eigenvalue weighted by Crippen LogP contribution is 2.34. The number of rotatable bonds is 4. The van der Waals surface area contributed by atoms with Gasteiger partial charge in [0.2, 0.25) is 0 Å². The molecule has 1 N–H and O–H groups in total. The minimum absolute atomic E-state index is 0.0555. The van der Waals surface area contributed by atoms with Gasteiger partial charge in [-0.2, -0.15) is 0 Å². The van der Waals surface area contributed by atoms with Crippen LogP contribution in [0.2, 0.25) is 0 Å². The highest BCUT2D eigenvalue weighted by Gasteiger charge is 2.28. The summed E-state index contributed by atoms with van der Waals surface area (Å²) in [5.74, 6) is 1.03. The van der Waals surface area contributed by atoms with Crippen LogP contribution in [0.4, 0.5) is 0 Å². The van der Waals surface area contributed by atoms with E-state index >= 15 is 0 Å². The maximum absolute atomic E-state index is 12.9. The number of H-pyrrole nitrogens is 1. The number of nitrogens with one attached hydrogen (secondary N) is 1. The molecule has 0 bridgehead atoms. The molecule has 2 aromatic heterocycles. The molecule has 1 saturated carbocycles. The third-order valence-electron chi connectivity index (χ3n) is 5.33. The number of amides is 1. The molecule has 1 amide bonds. The molecule has 1 atom stereocenters. The van der Waals surface area contributed by atoms with Gasteiger partial charge in [-0.15, -0.1) is 0 Å². The van der Waals surface area contributed by atoms with E-state index in [1.807, 2.05) is 24.3 Å². The van der Waals surface area contributed by atoms with E-state index in [-0.39, 0.29) is 29.0 Å². The van der Waals surface area contributed by atoms with Gasteiger partial charge in [-0.25, -0.2) is 9.78 Å². The largest absolute Gasteiger partial charge is 0.486 e. The third kappa shape index (κ3) is 3.22. The minimum Gasteiger partial charge on any atom is -0.486 e. The minimum atomic E-state index is -0.544. The van der Waals surface area contributed by atoms with Gasteiger partial charge < -0.3 is 14.4 Å². The molecule has 0 spiro atoms. The fraction of sp³-hybridized carbons (Fsp3) is 0.333. The van der Waals surface area contributed by atoms with Crippen molar-refractivity contribution in [3.05, 3.63) is 62.9 Å². The van der Waals surface area contributed by atoms with Crippen molar-refractivity contribution in [1.29, 1.82) is 0 Å². The van der Waals surface area contributed by atoms with Crippen molar-refractivity contribution in [2.45, 2.75) is 25.0 Å². The number of pyridine rings is 1. The molecule has 0 saturated heterocycles. The van der Waals surface area contributed by atoms with E-state index in [0.29, 0.717) is 30.3 Å². The van der Waals surface area contributed by atoms with Gasteiger partial charge in [-0.3, -0.25) is 19.1 Å². The summed E-state index contributed by atoms with van der Waals surface area (Å²) >= 11 is 0. The lowest BCUT2D eigenvalue weighted by atomic mass is 10.2. The molecule has 30 heavy (non-hydrogen) atoms. The second-order valence-electron chi connectivity index (χ2n) is 7.64. The average molecular weight is 408 g/mol. The zero-order valence-corrected chi connectivity index (χ0v) is 16.3. The third-order valence-corrected chi connectivity index (χ3v) is 5.33. The highest BCUT2D eigenvalue weighted by molar-refractivity contribution is 5.96. The monoisotopic (exact) mass is 408 g/mol. The van der Waals surface area contributed by atoms with Crippen molar-refractivity contribution in [3.63, 3.8) is 0 Å². The number of likely N-dealkylation sites (N-methyl/N-ethyl adjacent to an activating group) is 1. The number of nitrogens with zero attached hydrogens (tertiary/aromatic N) is 3. The lowest BCUT2D eigenvalue weighted by molar-refractivity contribution is 0.0521. The van der Waals surface area contributed by atoms with Crippen molar-refractivity contribution >= 4 is 16.9 Å². The molecule has 1 aliphatic heterocycles. The SMILES string of the molecule is CN(CC1COc2ccccc2O1)C(=O)c1cnc2c(c1)c(=O)[nH]c(=O)n2C1CC1. The lowest BCUT2D eigenvalue weighted by Crippen LogP contribution is -2.41. The summed E-state index contributed by atoms with van der Waals surface area (Å²) in [5, 5.41) is 0.229. The van der Waals surface area contributed by atoms with Gasteiger partial charge in [0.25, 0.3) is 11.5 Å². The Morgan fingerprint density at radius 3 is 2.80 bits per heavy atom. The first-order valence-corrected chi connectivity index (χ1v) is 9.80. The van der Waals surface area contributed by atoms with E-state index in [2.05, 4.69) is 9.97 Å². The Labute approximate surface area is 170 Å². The maximum Gasteiger partial charge on any atom is 0.330 e. The predicted molar refractivity (Wildman–Crippen MR) is 108 cm³/mol. The number of carbonyl (C=O) groups is 1. The Hall–Kier alpha value is -3.62. The smallest absolute Gasteiger partial charge is 0.330 e. The lowest BCUT2D eigenvalue weighted by Gasteiger charge is -2.29. The van der Waals surface area contributed by atoms with E-state index < -0.39 is 11.2 Å². The fourth-order valence-corrected chi connectivity index (χ4v) is 3.69. The summed E-state index contributed by atoms with van der Waals surface area (Å²) in [6.07, 6.45) is 2.84. The van der Waals surface area contributed by atoms with Gasteiger partial charge in [0.1, 0.15) is 12.3 Å². The molecule has 1 aliphatic carbocycles. The van der Waals surface area contributed by atoms with Crippen molar-refractivity contribution < 1.29 is 14.3 Å². The van der Waals surface area contributed by atoms with Crippen molar-refractivity contribution in [2.24, 2.45) is 0 Å². The molecule has 3 heterocycles. The van der Waals surface area contributed by atoms with Gasteiger partial charge in [-0.1, -0.05) is 12.1 Å². The van der Waals surface area contributed by atoms with Gasteiger partial charge in [0, 0.05) is 19.3 Å². The summed E-state index contributed by atoms with van der Waals surface area (Å²) < 4.78 is 13.1. The second-order valence-corrected chi connectivity index (χ2v) is 7.64. The predicted octanol–water partition coefficient (Wildman–Crippen LogP) is 1.33. The molecule has 154 valence electrons. The van der Waals surface area contributed by atoms with Crippen LogP contribution < -0.4 is 20.7 Å². The van der Waals surface area contributed by atoms with Crippen LogP contribution in [0.1, 0.15) is 29.2 Å². The molecule has 1 fully saturated rings. The number of aromatic nitrogens is 3. The number of hydrogen-bond acceptors (Lipinski definition) is 6. The number of carbonyl (C=O) groups excluding carboxylic acids is 1. The summed E-state index contributed by atoms with van der Waals surface area (Å²) in [6.45, 7) is 0.640. The Morgan fingerprint density at radius 2 is 2.03 bits per heavy atom. The number of aromatic amines is 1. The Balaban J connectivity index is 1.38. The summed E-state index contributed by atoms with van der Waals surface area (Å²) in [6, 6.07) is 8.93. The second kappa shape index (κ2) is 7.01. The van der Waals surface area contributed by atoms with Gasteiger partial charge >= 0.3 is 5.69 Å². The molecule has 0 radical (unpaired) electrons.